The van der Waals surface area contributed by atoms with Crippen LogP contribution in [0.4, 0.5) is 5.69 Å². The van der Waals surface area contributed by atoms with Crippen molar-refractivity contribution in [2.24, 2.45) is 0 Å². The number of anilines is 1. The normalized spacial score (nSPS) is 10.4. The highest BCUT2D eigenvalue weighted by molar-refractivity contribution is 5.94. The molecule has 1 aromatic heterocycles. The molecule has 27 heavy (non-hydrogen) atoms. The first-order valence-electron chi connectivity index (χ1n) is 8.94. The van der Waals surface area contributed by atoms with Crippen molar-refractivity contribution in [1.29, 1.82) is 0 Å². The molecule has 0 atom stereocenters. The first-order chi connectivity index (χ1) is 13.0. The Morgan fingerprint density at radius 2 is 1.85 bits per heavy atom. The van der Waals surface area contributed by atoms with Crippen molar-refractivity contribution in [3.63, 3.8) is 0 Å². The Bertz CT molecular complexity index is 859. The van der Waals surface area contributed by atoms with E-state index in [1.54, 1.807) is 19.1 Å². The van der Waals surface area contributed by atoms with E-state index >= 15 is 0 Å². The maximum Gasteiger partial charge on any atom is 0.346 e. The number of hydrogen-bond acceptors (Lipinski definition) is 6. The number of ether oxygens (including phenoxy) is 1. The topological polar surface area (TPSA) is 101 Å². The molecule has 1 heterocycles. The third-order valence-corrected chi connectivity index (χ3v) is 3.96. The van der Waals surface area contributed by atoms with Crippen LogP contribution in [0.1, 0.15) is 54.7 Å². The summed E-state index contributed by atoms with van der Waals surface area (Å²) in [4.78, 5) is 42.1. The van der Waals surface area contributed by atoms with Crippen LogP contribution in [0.2, 0.25) is 0 Å². The summed E-state index contributed by atoms with van der Waals surface area (Å²) in [6.07, 6.45) is 2.25. The lowest BCUT2D eigenvalue weighted by Crippen LogP contribution is -2.37. The third kappa shape index (κ3) is 5.20. The van der Waals surface area contributed by atoms with Crippen molar-refractivity contribution in [2.45, 2.75) is 46.1 Å². The average molecular weight is 372 g/mol. The van der Waals surface area contributed by atoms with Crippen LogP contribution in [0.25, 0.3) is 0 Å². The van der Waals surface area contributed by atoms with E-state index in [4.69, 9.17) is 15.3 Å². The third-order valence-electron chi connectivity index (χ3n) is 3.96. The van der Waals surface area contributed by atoms with Gasteiger partial charge in [0.1, 0.15) is 6.61 Å². The number of esters is 1. The van der Waals surface area contributed by atoms with Crippen LogP contribution in [-0.4, -0.2) is 16.7 Å². The summed E-state index contributed by atoms with van der Waals surface area (Å²) in [5, 5.41) is 0. The number of unbranched alkanes of at least 4 members (excludes halogenated alkanes) is 1. The van der Waals surface area contributed by atoms with Gasteiger partial charge in [0.25, 0.3) is 0 Å². The predicted molar refractivity (Wildman–Crippen MR) is 101 cm³/mol. The van der Waals surface area contributed by atoms with Gasteiger partial charge in [-0.05, 0) is 24.5 Å². The molecule has 2 N–H and O–H groups in total. The van der Waals surface area contributed by atoms with Gasteiger partial charge in [-0.1, -0.05) is 50.6 Å². The lowest BCUT2D eigenvalue weighted by molar-refractivity contribution is -0.144. The van der Waals surface area contributed by atoms with Crippen LogP contribution >= 0.6 is 0 Å². The van der Waals surface area contributed by atoms with Gasteiger partial charge >= 0.3 is 17.5 Å². The molecule has 0 aliphatic rings. The van der Waals surface area contributed by atoms with Crippen LogP contribution in [0.15, 0.2) is 41.2 Å². The Labute approximate surface area is 157 Å². The lowest BCUT2D eigenvalue weighted by atomic mass is 10.1. The number of pyridine rings is 1. The SMILES string of the molecule is CCCCc1cc(N)c(C(=O)OCc2ccccc2)c(=O)n1OC(=O)CC. The van der Waals surface area contributed by atoms with E-state index in [2.05, 4.69) is 0 Å². The Morgan fingerprint density at radius 3 is 2.48 bits per heavy atom. The number of aryl methyl sites for hydroxylation is 1. The molecule has 0 saturated carbocycles. The van der Waals surface area contributed by atoms with Crippen molar-refractivity contribution >= 4 is 17.6 Å². The molecule has 0 aliphatic heterocycles. The Hall–Kier alpha value is -3.09. The fourth-order valence-electron chi connectivity index (χ4n) is 2.46. The minimum atomic E-state index is -0.857. The van der Waals surface area contributed by atoms with Crippen LogP contribution in [0.3, 0.4) is 0 Å². The highest BCUT2D eigenvalue weighted by Crippen LogP contribution is 2.14. The molecule has 7 heteroatoms. The number of nitrogens with two attached hydrogens (primary N) is 1. The molecule has 7 nitrogen and oxygen atoms in total. The van der Waals surface area contributed by atoms with Gasteiger partial charge in [0.05, 0.1) is 11.4 Å². The van der Waals surface area contributed by atoms with Crippen molar-refractivity contribution in [2.75, 3.05) is 5.73 Å². The molecule has 0 amide bonds. The number of rotatable bonds is 8. The van der Waals surface area contributed by atoms with Crippen molar-refractivity contribution in [3.8, 4) is 0 Å². The number of carbonyl (C=O) groups is 2. The van der Waals surface area contributed by atoms with E-state index in [0.717, 1.165) is 23.1 Å². The lowest BCUT2D eigenvalue weighted by Gasteiger charge is -2.15. The molecule has 0 aliphatic carbocycles. The zero-order chi connectivity index (χ0) is 19.8. The van der Waals surface area contributed by atoms with Crippen molar-refractivity contribution in [1.82, 2.24) is 4.73 Å². The molecule has 2 aromatic rings. The summed E-state index contributed by atoms with van der Waals surface area (Å²) in [5.74, 6) is -1.44. The summed E-state index contributed by atoms with van der Waals surface area (Å²) in [6.45, 7) is 3.62. The molecule has 0 unspecified atom stereocenters. The minimum absolute atomic E-state index is 0.00485. The molecule has 0 fully saturated rings. The summed E-state index contributed by atoms with van der Waals surface area (Å²) in [6, 6.07) is 10.6. The first-order valence-corrected chi connectivity index (χ1v) is 8.94. The van der Waals surface area contributed by atoms with Crippen LogP contribution in [0.5, 0.6) is 0 Å². The Balaban J connectivity index is 2.34. The number of carbonyl (C=O) groups excluding carboxylic acids is 2. The van der Waals surface area contributed by atoms with E-state index < -0.39 is 17.5 Å². The molecule has 0 radical (unpaired) electrons. The number of aromatic nitrogens is 1. The van der Waals surface area contributed by atoms with Crippen LogP contribution in [-0.2, 0) is 22.6 Å². The summed E-state index contributed by atoms with van der Waals surface area (Å²) >= 11 is 0. The fraction of sp³-hybridized carbons (Fsp3) is 0.350. The van der Waals surface area contributed by atoms with Crippen molar-refractivity contribution < 1.29 is 19.2 Å². The molecule has 0 bridgehead atoms. The van der Waals surface area contributed by atoms with E-state index in [1.807, 2.05) is 25.1 Å². The molecule has 1 aromatic carbocycles. The van der Waals surface area contributed by atoms with Gasteiger partial charge in [0.15, 0.2) is 5.56 Å². The van der Waals surface area contributed by atoms with Gasteiger partial charge in [-0.15, -0.1) is 4.73 Å². The van der Waals surface area contributed by atoms with E-state index in [9.17, 15) is 14.4 Å². The summed E-state index contributed by atoms with van der Waals surface area (Å²) in [5.41, 5.74) is 6.04. The van der Waals surface area contributed by atoms with Crippen molar-refractivity contribution in [3.05, 3.63) is 63.6 Å². The second-order valence-electron chi connectivity index (χ2n) is 6.05. The van der Waals surface area contributed by atoms with E-state index in [0.29, 0.717) is 12.1 Å². The van der Waals surface area contributed by atoms with Gasteiger partial charge in [0.2, 0.25) is 0 Å². The van der Waals surface area contributed by atoms with Crippen LogP contribution in [0, 0.1) is 0 Å². The molecule has 144 valence electrons. The smallest absolute Gasteiger partial charge is 0.346 e. The predicted octanol–water partition coefficient (Wildman–Crippen LogP) is 2.50. The highest BCUT2D eigenvalue weighted by atomic mass is 16.7. The molecule has 0 spiro atoms. The second kappa shape index (κ2) is 9.56. The average Bonchev–Trinajstić information content (AvgIpc) is 2.67. The van der Waals surface area contributed by atoms with Gasteiger partial charge in [0, 0.05) is 6.42 Å². The zero-order valence-electron chi connectivity index (χ0n) is 15.6. The van der Waals surface area contributed by atoms with Gasteiger partial charge < -0.3 is 15.3 Å². The monoisotopic (exact) mass is 372 g/mol. The summed E-state index contributed by atoms with van der Waals surface area (Å²) < 4.78 is 6.07. The molecule has 2 rings (SSSR count). The Morgan fingerprint density at radius 1 is 1.15 bits per heavy atom. The quantitative estimate of drug-likeness (QED) is 0.715. The maximum absolute atomic E-state index is 12.8. The van der Waals surface area contributed by atoms with Gasteiger partial charge in [-0.2, -0.15) is 0 Å². The number of nitrogen functional groups attached to an aromatic ring is 1. The standard InChI is InChI=1S/C20H24N2O5/c1-3-5-11-15-12-16(21)18(19(24)22(15)27-17(23)4-2)20(25)26-13-14-9-7-6-8-10-14/h6-10,12H,3-5,11,13,21H2,1-2H3. The van der Waals surface area contributed by atoms with E-state index in [1.165, 1.54) is 6.07 Å². The molecule has 0 saturated heterocycles. The minimum Gasteiger partial charge on any atom is -0.457 e. The largest absolute Gasteiger partial charge is 0.457 e. The second-order valence-corrected chi connectivity index (χ2v) is 6.05. The summed E-state index contributed by atoms with van der Waals surface area (Å²) in [7, 11) is 0. The Kier molecular flexibility index (Phi) is 7.16. The number of nitrogens with zero attached hydrogens (tertiary/aromatic N) is 1. The zero-order valence-corrected chi connectivity index (χ0v) is 15.6. The van der Waals surface area contributed by atoms with E-state index in [-0.39, 0.29) is 24.3 Å². The van der Waals surface area contributed by atoms with Crippen LogP contribution < -0.4 is 16.1 Å². The van der Waals surface area contributed by atoms with Gasteiger partial charge in [-0.25, -0.2) is 9.59 Å². The maximum atomic E-state index is 12.8. The first kappa shape index (κ1) is 20.2. The molecular weight excluding hydrogens is 348 g/mol. The number of hydrogen-bond donors (Lipinski definition) is 1. The number of benzene rings is 1. The fourth-order valence-corrected chi connectivity index (χ4v) is 2.46. The van der Waals surface area contributed by atoms with Gasteiger partial charge in [-0.3, -0.25) is 4.79 Å². The highest BCUT2D eigenvalue weighted by Gasteiger charge is 2.22. The molecular formula is C20H24N2O5.